The van der Waals surface area contributed by atoms with Crippen LogP contribution >= 0.6 is 0 Å². The van der Waals surface area contributed by atoms with E-state index in [1.165, 1.54) is 18.4 Å². The smallest absolute Gasteiger partial charge is 0.255 e. The molecule has 0 radical (unpaired) electrons. The molecule has 1 heterocycles. The normalized spacial score (nSPS) is 15.1. The van der Waals surface area contributed by atoms with Crippen molar-refractivity contribution in [3.63, 3.8) is 0 Å². The van der Waals surface area contributed by atoms with E-state index >= 15 is 0 Å². The molecule has 0 aromatic heterocycles. The maximum atomic E-state index is 12.9. The summed E-state index contributed by atoms with van der Waals surface area (Å²) in [7, 11) is 1.67. The summed E-state index contributed by atoms with van der Waals surface area (Å²) in [6, 6.07) is 15.8. The first-order chi connectivity index (χ1) is 14.2. The number of amides is 1. The zero-order valence-corrected chi connectivity index (χ0v) is 17.5. The number of hydrogen-bond acceptors (Lipinski definition) is 4. The van der Waals surface area contributed by atoms with Gasteiger partial charge in [-0.15, -0.1) is 0 Å². The van der Waals surface area contributed by atoms with Crippen molar-refractivity contribution in [2.75, 3.05) is 33.4 Å². The van der Waals surface area contributed by atoms with Crippen LogP contribution in [-0.2, 0) is 0 Å². The van der Waals surface area contributed by atoms with Crippen LogP contribution in [0.15, 0.2) is 48.5 Å². The lowest BCUT2D eigenvalue weighted by Gasteiger charge is -2.28. The summed E-state index contributed by atoms with van der Waals surface area (Å²) in [6.45, 7) is 5.43. The summed E-state index contributed by atoms with van der Waals surface area (Å²) >= 11 is 0. The molecule has 29 heavy (non-hydrogen) atoms. The third kappa shape index (κ3) is 5.73. The van der Waals surface area contributed by atoms with Crippen LogP contribution in [0.5, 0.6) is 11.5 Å². The Hall–Kier alpha value is -2.53. The van der Waals surface area contributed by atoms with Gasteiger partial charge in [-0.05, 0) is 62.2 Å². The fourth-order valence-corrected chi connectivity index (χ4v) is 3.73. The number of nitrogens with one attached hydrogen (secondary N) is 1. The molecule has 3 rings (SSSR count). The van der Waals surface area contributed by atoms with E-state index in [2.05, 4.69) is 29.3 Å². The van der Waals surface area contributed by atoms with Gasteiger partial charge in [-0.2, -0.15) is 0 Å². The van der Waals surface area contributed by atoms with Crippen molar-refractivity contribution in [2.45, 2.75) is 38.6 Å². The largest absolute Gasteiger partial charge is 0.497 e. The van der Waals surface area contributed by atoms with Gasteiger partial charge in [-0.25, -0.2) is 0 Å². The molecule has 1 unspecified atom stereocenters. The van der Waals surface area contributed by atoms with Crippen molar-refractivity contribution in [3.05, 3.63) is 59.7 Å². The molecule has 2 aromatic carbocycles. The molecule has 1 aliphatic heterocycles. The van der Waals surface area contributed by atoms with E-state index in [-0.39, 0.29) is 11.9 Å². The van der Waals surface area contributed by atoms with Crippen molar-refractivity contribution in [1.82, 2.24) is 10.2 Å². The predicted molar refractivity (Wildman–Crippen MR) is 116 cm³/mol. The number of ether oxygens (including phenoxy) is 2. The van der Waals surface area contributed by atoms with Crippen molar-refractivity contribution in [3.8, 4) is 11.5 Å². The van der Waals surface area contributed by atoms with Crippen molar-refractivity contribution < 1.29 is 14.3 Å². The predicted octanol–water partition coefficient (Wildman–Crippen LogP) is 4.44. The van der Waals surface area contributed by atoms with Gasteiger partial charge in [-0.3, -0.25) is 9.69 Å². The Balaban J connectivity index is 1.69. The van der Waals surface area contributed by atoms with Crippen LogP contribution in [-0.4, -0.2) is 44.2 Å². The molecule has 1 amide bonds. The molecule has 5 nitrogen and oxygen atoms in total. The zero-order valence-electron chi connectivity index (χ0n) is 17.5. The Morgan fingerprint density at radius 1 is 1.10 bits per heavy atom. The molecule has 0 bridgehead atoms. The van der Waals surface area contributed by atoms with Gasteiger partial charge in [0.1, 0.15) is 11.5 Å². The molecule has 0 aliphatic carbocycles. The van der Waals surface area contributed by atoms with Crippen LogP contribution in [0.25, 0.3) is 0 Å². The fraction of sp³-hybridized carbons (Fsp3) is 0.458. The Morgan fingerprint density at radius 3 is 2.52 bits per heavy atom. The summed E-state index contributed by atoms with van der Waals surface area (Å²) < 4.78 is 11.1. The lowest BCUT2D eigenvalue weighted by molar-refractivity contribution is 0.0933. The first-order valence-corrected chi connectivity index (χ1v) is 10.6. The molecule has 156 valence electrons. The molecule has 1 N–H and O–H groups in total. The minimum Gasteiger partial charge on any atom is -0.497 e. The number of rotatable bonds is 10. The molecule has 1 aliphatic rings. The first-order valence-electron chi connectivity index (χ1n) is 10.6. The highest BCUT2D eigenvalue weighted by Gasteiger charge is 2.24. The molecule has 5 heteroatoms. The molecular formula is C24H32N2O3. The Kier molecular flexibility index (Phi) is 7.94. The van der Waals surface area contributed by atoms with Gasteiger partial charge in [-0.1, -0.05) is 37.6 Å². The summed E-state index contributed by atoms with van der Waals surface area (Å²) in [5, 5.41) is 3.14. The molecule has 2 aromatic rings. The van der Waals surface area contributed by atoms with E-state index in [9.17, 15) is 4.79 Å². The maximum Gasteiger partial charge on any atom is 0.255 e. The van der Waals surface area contributed by atoms with E-state index in [0.29, 0.717) is 24.5 Å². The SMILES string of the molecule is CCCCOc1ccccc1C(=O)NCC(c1ccc(OC)cc1)N1CCCC1. The molecule has 1 saturated heterocycles. The van der Waals surface area contributed by atoms with E-state index < -0.39 is 0 Å². The number of likely N-dealkylation sites (tertiary alicyclic amines) is 1. The highest BCUT2D eigenvalue weighted by Crippen LogP contribution is 2.26. The van der Waals surface area contributed by atoms with E-state index in [0.717, 1.165) is 31.7 Å². The number of unbranched alkanes of at least 4 members (excludes halogenated alkanes) is 1. The highest BCUT2D eigenvalue weighted by molar-refractivity contribution is 5.96. The molecule has 1 fully saturated rings. The summed E-state index contributed by atoms with van der Waals surface area (Å²) in [4.78, 5) is 15.4. The minimum absolute atomic E-state index is 0.0881. The molecule has 0 saturated carbocycles. The molecular weight excluding hydrogens is 364 g/mol. The number of para-hydroxylation sites is 1. The highest BCUT2D eigenvalue weighted by atomic mass is 16.5. The van der Waals surface area contributed by atoms with Crippen molar-refractivity contribution in [2.24, 2.45) is 0 Å². The zero-order chi connectivity index (χ0) is 20.5. The van der Waals surface area contributed by atoms with Crippen LogP contribution < -0.4 is 14.8 Å². The third-order valence-electron chi connectivity index (χ3n) is 5.43. The second-order valence-corrected chi connectivity index (χ2v) is 7.44. The standard InChI is InChI=1S/C24H32N2O3/c1-3-4-17-29-23-10-6-5-9-21(23)24(27)25-18-22(26-15-7-8-16-26)19-11-13-20(28-2)14-12-19/h5-6,9-14,22H,3-4,7-8,15-18H2,1-2H3,(H,25,27). The van der Waals surface area contributed by atoms with Gasteiger partial charge < -0.3 is 14.8 Å². The van der Waals surface area contributed by atoms with E-state index in [4.69, 9.17) is 9.47 Å². The van der Waals surface area contributed by atoms with Gasteiger partial charge in [0.15, 0.2) is 0 Å². The van der Waals surface area contributed by atoms with Gasteiger partial charge in [0.2, 0.25) is 0 Å². The summed E-state index contributed by atoms with van der Waals surface area (Å²) in [6.07, 6.45) is 4.45. The quantitative estimate of drug-likeness (QED) is 0.603. The lowest BCUT2D eigenvalue weighted by Crippen LogP contribution is -2.37. The van der Waals surface area contributed by atoms with Crippen molar-refractivity contribution >= 4 is 5.91 Å². The van der Waals surface area contributed by atoms with Gasteiger partial charge in [0.05, 0.1) is 25.3 Å². The monoisotopic (exact) mass is 396 g/mol. The first kappa shape index (κ1) is 21.2. The van der Waals surface area contributed by atoms with Gasteiger partial charge >= 0.3 is 0 Å². The number of carbonyl (C=O) groups excluding carboxylic acids is 1. The second kappa shape index (κ2) is 10.9. The molecule has 1 atom stereocenters. The van der Waals surface area contributed by atoms with E-state index in [1.807, 2.05) is 36.4 Å². The lowest BCUT2D eigenvalue weighted by atomic mass is 10.0. The van der Waals surface area contributed by atoms with Gasteiger partial charge in [0, 0.05) is 6.54 Å². The third-order valence-corrected chi connectivity index (χ3v) is 5.43. The van der Waals surface area contributed by atoms with Crippen molar-refractivity contribution in [1.29, 1.82) is 0 Å². The number of benzene rings is 2. The number of carbonyl (C=O) groups is 1. The average molecular weight is 397 g/mol. The Bertz CT molecular complexity index is 770. The Labute approximate surface area is 174 Å². The topological polar surface area (TPSA) is 50.8 Å². The minimum atomic E-state index is -0.0881. The Morgan fingerprint density at radius 2 is 1.83 bits per heavy atom. The number of methoxy groups -OCH3 is 1. The number of hydrogen-bond donors (Lipinski definition) is 1. The summed E-state index contributed by atoms with van der Waals surface area (Å²) in [5.41, 5.74) is 1.79. The van der Waals surface area contributed by atoms with Crippen LogP contribution in [0.3, 0.4) is 0 Å². The van der Waals surface area contributed by atoms with Gasteiger partial charge in [0.25, 0.3) is 5.91 Å². The second-order valence-electron chi connectivity index (χ2n) is 7.44. The van der Waals surface area contributed by atoms with Crippen LogP contribution in [0.1, 0.15) is 54.6 Å². The van der Waals surface area contributed by atoms with Crippen LogP contribution in [0.2, 0.25) is 0 Å². The van der Waals surface area contributed by atoms with Crippen LogP contribution in [0, 0.1) is 0 Å². The fourth-order valence-electron chi connectivity index (χ4n) is 3.73. The number of nitrogens with zero attached hydrogens (tertiary/aromatic N) is 1. The molecule has 0 spiro atoms. The van der Waals surface area contributed by atoms with Crippen LogP contribution in [0.4, 0.5) is 0 Å². The maximum absolute atomic E-state index is 12.9. The van der Waals surface area contributed by atoms with E-state index in [1.54, 1.807) is 7.11 Å². The average Bonchev–Trinajstić information content (AvgIpc) is 3.29. The summed E-state index contributed by atoms with van der Waals surface area (Å²) in [5.74, 6) is 1.41.